The summed E-state index contributed by atoms with van der Waals surface area (Å²) in [5.41, 5.74) is 1.92. The highest BCUT2D eigenvalue weighted by molar-refractivity contribution is 6.00. The molecule has 5 rings (SSSR count). The van der Waals surface area contributed by atoms with Crippen molar-refractivity contribution in [1.29, 1.82) is 0 Å². The maximum atomic E-state index is 15.4. The summed E-state index contributed by atoms with van der Waals surface area (Å²) >= 11 is 0. The van der Waals surface area contributed by atoms with E-state index in [0.717, 1.165) is 17.7 Å². The standard InChI is InChI=1S/C37H38F4N4O5/c1-43(2)32(46)11-8-19-44(36(47)48)20-22-49-28-16-13-26(14-17-28)34(30(24-37(39,40)41)25-9-4-3-5-10-25)27-15-18-31-29(23-27)35(38)42-45(31)33-12-6-7-21-50-33/h3-5,8-11,13-18,23,33H,6-7,12,19-22,24H2,1-2H3,(H,47,48). The molecule has 1 fully saturated rings. The number of fused-ring (bicyclic) bond motifs is 1. The van der Waals surface area contributed by atoms with Crippen LogP contribution in [0.2, 0.25) is 0 Å². The Labute approximate surface area is 287 Å². The van der Waals surface area contributed by atoms with Crippen LogP contribution in [0, 0.1) is 5.95 Å². The molecule has 0 bridgehead atoms. The minimum Gasteiger partial charge on any atom is -0.492 e. The van der Waals surface area contributed by atoms with E-state index < -0.39 is 30.9 Å². The second-order valence-electron chi connectivity index (χ2n) is 12.0. The molecule has 1 aromatic heterocycles. The molecule has 0 saturated carbocycles. The van der Waals surface area contributed by atoms with Crippen LogP contribution in [-0.2, 0) is 9.53 Å². The fourth-order valence-corrected chi connectivity index (χ4v) is 5.77. The monoisotopic (exact) mass is 694 g/mol. The Hall–Kier alpha value is -5.17. The topological polar surface area (TPSA) is 97.1 Å². The maximum absolute atomic E-state index is 15.4. The molecule has 1 unspecified atom stereocenters. The number of ether oxygens (including phenoxy) is 2. The number of nitrogens with zero attached hydrogens (tertiary/aromatic N) is 4. The zero-order valence-corrected chi connectivity index (χ0v) is 27.7. The lowest BCUT2D eigenvalue weighted by Crippen LogP contribution is -2.33. The van der Waals surface area contributed by atoms with E-state index in [1.54, 1.807) is 80.8 Å². The van der Waals surface area contributed by atoms with Gasteiger partial charge in [0.25, 0.3) is 0 Å². The second-order valence-corrected chi connectivity index (χ2v) is 12.0. The van der Waals surface area contributed by atoms with Crippen LogP contribution in [-0.4, -0.2) is 83.3 Å². The van der Waals surface area contributed by atoms with E-state index in [2.05, 4.69) is 5.10 Å². The number of rotatable bonds is 12. The van der Waals surface area contributed by atoms with E-state index in [1.807, 2.05) is 0 Å². The molecule has 264 valence electrons. The number of carbonyl (C=O) groups is 2. The highest BCUT2D eigenvalue weighted by Gasteiger charge is 2.32. The van der Waals surface area contributed by atoms with Gasteiger partial charge in [0.2, 0.25) is 11.9 Å². The van der Waals surface area contributed by atoms with Gasteiger partial charge >= 0.3 is 12.3 Å². The fourth-order valence-electron chi connectivity index (χ4n) is 5.77. The van der Waals surface area contributed by atoms with Crippen molar-refractivity contribution >= 4 is 34.0 Å². The summed E-state index contributed by atoms with van der Waals surface area (Å²) in [6.45, 7) is 0.490. The molecule has 0 radical (unpaired) electrons. The third kappa shape index (κ3) is 9.08. The lowest BCUT2D eigenvalue weighted by Gasteiger charge is -2.23. The smallest absolute Gasteiger partial charge is 0.407 e. The quantitative estimate of drug-likeness (QED) is 0.0925. The summed E-state index contributed by atoms with van der Waals surface area (Å²) in [6.07, 6.45) is -2.20. The van der Waals surface area contributed by atoms with Crippen LogP contribution in [0.3, 0.4) is 0 Å². The molecule has 4 aromatic rings. The van der Waals surface area contributed by atoms with Crippen LogP contribution in [0.5, 0.6) is 5.75 Å². The lowest BCUT2D eigenvalue weighted by atomic mass is 9.87. The number of alkyl halides is 3. The van der Waals surface area contributed by atoms with E-state index in [-0.39, 0.29) is 42.1 Å². The van der Waals surface area contributed by atoms with Crippen molar-refractivity contribution in [1.82, 2.24) is 19.6 Å². The van der Waals surface area contributed by atoms with Gasteiger partial charge in [0.15, 0.2) is 6.23 Å². The van der Waals surface area contributed by atoms with E-state index in [9.17, 15) is 27.9 Å². The third-order valence-corrected chi connectivity index (χ3v) is 8.25. The molecule has 1 saturated heterocycles. The van der Waals surface area contributed by atoms with E-state index in [1.165, 1.54) is 27.8 Å². The molecule has 1 aliphatic heterocycles. The molecule has 1 aliphatic rings. The number of allylic oxidation sites excluding steroid dienone is 1. The Kier molecular flexibility index (Phi) is 11.6. The summed E-state index contributed by atoms with van der Waals surface area (Å²) in [5, 5.41) is 13.8. The number of benzene rings is 3. The first-order valence-corrected chi connectivity index (χ1v) is 16.2. The SMILES string of the molecule is CN(C)C(=O)C=CCN(CCOc1ccc(C(=C(CC(F)(F)F)c2ccccc2)c2ccc3c(c2)c(F)nn3C2CCCCO2)cc1)C(=O)O. The van der Waals surface area contributed by atoms with E-state index in [4.69, 9.17) is 9.47 Å². The largest absolute Gasteiger partial charge is 0.492 e. The molecule has 1 atom stereocenters. The summed E-state index contributed by atoms with van der Waals surface area (Å²) in [4.78, 5) is 25.9. The number of halogens is 4. The summed E-state index contributed by atoms with van der Waals surface area (Å²) in [5.74, 6) is -0.657. The first kappa shape index (κ1) is 36.1. The first-order valence-electron chi connectivity index (χ1n) is 16.2. The van der Waals surface area contributed by atoms with Crippen LogP contribution in [0.4, 0.5) is 22.4 Å². The molecule has 1 N–H and O–H groups in total. The zero-order chi connectivity index (χ0) is 35.8. The zero-order valence-electron chi connectivity index (χ0n) is 27.7. The Bertz CT molecular complexity index is 1850. The molecule has 2 heterocycles. The average molecular weight is 695 g/mol. The van der Waals surface area contributed by atoms with Crippen LogP contribution < -0.4 is 4.74 Å². The summed E-state index contributed by atoms with van der Waals surface area (Å²) in [7, 11) is 3.17. The normalized spacial score (nSPS) is 15.6. The second kappa shape index (κ2) is 16.0. The van der Waals surface area contributed by atoms with Gasteiger partial charge in [-0.25, -0.2) is 9.48 Å². The summed E-state index contributed by atoms with van der Waals surface area (Å²) in [6, 6.07) is 19.5. The predicted octanol–water partition coefficient (Wildman–Crippen LogP) is 7.79. The molecule has 2 amide bonds. The van der Waals surface area contributed by atoms with Crippen LogP contribution in [0.25, 0.3) is 22.0 Å². The molecule has 9 nitrogen and oxygen atoms in total. The van der Waals surface area contributed by atoms with E-state index in [0.29, 0.717) is 41.0 Å². The number of hydrogen-bond donors (Lipinski definition) is 1. The van der Waals surface area contributed by atoms with Gasteiger partial charge in [0.1, 0.15) is 12.4 Å². The predicted molar refractivity (Wildman–Crippen MR) is 181 cm³/mol. The van der Waals surface area contributed by atoms with Crippen molar-refractivity contribution in [3.8, 4) is 5.75 Å². The van der Waals surface area contributed by atoms with Crippen LogP contribution in [0.15, 0.2) is 84.9 Å². The van der Waals surface area contributed by atoms with Gasteiger partial charge in [-0.1, -0.05) is 54.6 Å². The number of likely N-dealkylation sites (N-methyl/N-ethyl adjacent to an activating group) is 1. The molecule has 0 aliphatic carbocycles. The Balaban J connectivity index is 1.47. The molecule has 0 spiro atoms. The van der Waals surface area contributed by atoms with Crippen molar-refractivity contribution in [2.24, 2.45) is 0 Å². The molecule has 3 aromatic carbocycles. The van der Waals surface area contributed by atoms with Gasteiger partial charge in [-0.3, -0.25) is 4.79 Å². The minimum atomic E-state index is -4.55. The maximum Gasteiger partial charge on any atom is 0.407 e. The van der Waals surface area contributed by atoms with Gasteiger partial charge in [-0.05, 0) is 71.4 Å². The van der Waals surface area contributed by atoms with Crippen molar-refractivity contribution in [3.63, 3.8) is 0 Å². The average Bonchev–Trinajstić information content (AvgIpc) is 3.43. The molecular formula is C37H38F4N4O5. The van der Waals surface area contributed by atoms with Gasteiger partial charge < -0.3 is 24.4 Å². The van der Waals surface area contributed by atoms with Gasteiger partial charge in [0, 0.05) is 33.3 Å². The number of carboxylic acid groups (broad SMARTS) is 1. The minimum absolute atomic E-state index is 0.00235. The first-order chi connectivity index (χ1) is 23.9. The fraction of sp³-hybridized carbons (Fsp3) is 0.324. The lowest BCUT2D eigenvalue weighted by molar-refractivity contribution is -0.124. The van der Waals surface area contributed by atoms with Crippen molar-refractivity contribution in [3.05, 3.63) is 108 Å². The van der Waals surface area contributed by atoms with Gasteiger partial charge in [0.05, 0.1) is 23.9 Å². The van der Waals surface area contributed by atoms with E-state index >= 15 is 4.39 Å². The van der Waals surface area contributed by atoms with Crippen LogP contribution in [0.1, 0.15) is 48.6 Å². The Morgan fingerprint density at radius 2 is 1.74 bits per heavy atom. The molecule has 13 heteroatoms. The van der Waals surface area contributed by atoms with Crippen molar-refractivity contribution < 1.29 is 41.7 Å². The highest BCUT2D eigenvalue weighted by atomic mass is 19.4. The number of aromatic nitrogens is 2. The Morgan fingerprint density at radius 1 is 1.02 bits per heavy atom. The Morgan fingerprint density at radius 3 is 2.38 bits per heavy atom. The summed E-state index contributed by atoms with van der Waals surface area (Å²) < 4.78 is 71.0. The van der Waals surface area contributed by atoms with Crippen molar-refractivity contribution in [2.75, 3.05) is 40.4 Å². The van der Waals surface area contributed by atoms with Gasteiger partial charge in [-0.15, -0.1) is 5.10 Å². The third-order valence-electron chi connectivity index (χ3n) is 8.25. The molecule has 50 heavy (non-hydrogen) atoms. The number of amides is 2. The van der Waals surface area contributed by atoms with Gasteiger partial charge in [-0.2, -0.15) is 17.6 Å². The highest BCUT2D eigenvalue weighted by Crippen LogP contribution is 2.41. The number of hydrogen-bond acceptors (Lipinski definition) is 5. The van der Waals surface area contributed by atoms with Crippen molar-refractivity contribution in [2.45, 2.75) is 38.1 Å². The molecular weight excluding hydrogens is 656 g/mol. The number of carbonyl (C=O) groups excluding carboxylic acids is 1. The van der Waals surface area contributed by atoms with Crippen LogP contribution >= 0.6 is 0 Å².